The van der Waals surface area contributed by atoms with E-state index in [1.807, 2.05) is 6.07 Å². The molecule has 0 unspecified atom stereocenters. The molecule has 0 atom stereocenters. The number of nitro benzene ring substituents is 1. The Morgan fingerprint density at radius 2 is 2.00 bits per heavy atom. The smallest absolute Gasteiger partial charge is 0.293 e. The number of nitrogens with zero attached hydrogens (tertiary/aromatic N) is 2. The fourth-order valence-corrected chi connectivity index (χ4v) is 4.15. The van der Waals surface area contributed by atoms with E-state index in [-0.39, 0.29) is 17.1 Å². The SMILES string of the molecule is COc1ccc(/C=C2\SC(=O)N(Cc3ccccc3[N+](=O)[O-])C2=O)cc1I. The van der Waals surface area contributed by atoms with E-state index < -0.39 is 16.1 Å². The lowest BCUT2D eigenvalue weighted by Crippen LogP contribution is -2.27. The molecule has 0 N–H and O–H groups in total. The number of imide groups is 1. The second-order valence-corrected chi connectivity index (χ2v) is 7.70. The maximum atomic E-state index is 12.6. The highest BCUT2D eigenvalue weighted by molar-refractivity contribution is 14.1. The Hall–Kier alpha value is -2.40. The number of amides is 2. The van der Waals surface area contributed by atoms with Crippen LogP contribution in [0.15, 0.2) is 47.4 Å². The summed E-state index contributed by atoms with van der Waals surface area (Å²) < 4.78 is 6.08. The third-order valence-corrected chi connectivity index (χ3v) is 5.61. The fraction of sp³-hybridized carbons (Fsp3) is 0.111. The zero-order valence-corrected chi connectivity index (χ0v) is 17.0. The number of carbonyl (C=O) groups excluding carboxylic acids is 2. The lowest BCUT2D eigenvalue weighted by Gasteiger charge is -2.12. The summed E-state index contributed by atoms with van der Waals surface area (Å²) in [5.74, 6) is 0.256. The molecule has 9 heteroatoms. The molecule has 0 bridgehead atoms. The van der Waals surface area contributed by atoms with Gasteiger partial charge in [0.05, 0.1) is 27.1 Å². The summed E-state index contributed by atoms with van der Waals surface area (Å²) in [5, 5.41) is 10.7. The summed E-state index contributed by atoms with van der Waals surface area (Å²) >= 11 is 2.94. The van der Waals surface area contributed by atoms with E-state index >= 15 is 0 Å². The molecule has 0 radical (unpaired) electrons. The number of carbonyl (C=O) groups is 2. The number of hydrogen-bond donors (Lipinski definition) is 0. The first-order valence-corrected chi connectivity index (χ1v) is 9.61. The maximum Gasteiger partial charge on any atom is 0.293 e. The van der Waals surface area contributed by atoms with Crippen LogP contribution in [0.1, 0.15) is 11.1 Å². The van der Waals surface area contributed by atoms with Gasteiger partial charge in [-0.15, -0.1) is 0 Å². The summed E-state index contributed by atoms with van der Waals surface area (Å²) in [6, 6.07) is 11.5. The van der Waals surface area contributed by atoms with Crippen LogP contribution in [0.3, 0.4) is 0 Å². The van der Waals surface area contributed by atoms with Gasteiger partial charge < -0.3 is 4.74 Å². The predicted octanol–water partition coefficient (Wildman–Crippen LogP) is 4.44. The van der Waals surface area contributed by atoms with Crippen LogP contribution >= 0.6 is 34.4 Å². The number of hydrogen-bond acceptors (Lipinski definition) is 6. The van der Waals surface area contributed by atoms with E-state index in [9.17, 15) is 19.7 Å². The number of benzene rings is 2. The highest BCUT2D eigenvalue weighted by atomic mass is 127. The zero-order valence-electron chi connectivity index (χ0n) is 14.0. The first-order chi connectivity index (χ1) is 12.9. The quantitative estimate of drug-likeness (QED) is 0.263. The van der Waals surface area contributed by atoms with Crippen molar-refractivity contribution in [1.29, 1.82) is 0 Å². The van der Waals surface area contributed by atoms with Crippen molar-refractivity contribution in [2.45, 2.75) is 6.54 Å². The minimum Gasteiger partial charge on any atom is -0.496 e. The summed E-state index contributed by atoms with van der Waals surface area (Å²) in [7, 11) is 1.57. The number of rotatable bonds is 5. The van der Waals surface area contributed by atoms with Crippen molar-refractivity contribution in [3.05, 3.63) is 72.2 Å². The van der Waals surface area contributed by atoms with E-state index in [1.165, 1.54) is 12.1 Å². The number of halogens is 1. The number of methoxy groups -OCH3 is 1. The second-order valence-electron chi connectivity index (χ2n) is 5.55. The summed E-state index contributed by atoms with van der Waals surface area (Å²) in [6.45, 7) is -0.140. The first kappa shape index (κ1) is 19.4. The van der Waals surface area contributed by atoms with Gasteiger partial charge in [-0.05, 0) is 58.1 Å². The van der Waals surface area contributed by atoms with E-state index in [0.717, 1.165) is 31.5 Å². The van der Waals surface area contributed by atoms with Gasteiger partial charge in [0, 0.05) is 11.6 Å². The number of ether oxygens (including phenoxy) is 1. The van der Waals surface area contributed by atoms with Gasteiger partial charge in [0.25, 0.3) is 16.8 Å². The Morgan fingerprint density at radius 3 is 2.67 bits per heavy atom. The molecule has 2 aromatic carbocycles. The Labute approximate surface area is 172 Å². The van der Waals surface area contributed by atoms with Gasteiger partial charge >= 0.3 is 0 Å². The van der Waals surface area contributed by atoms with Crippen molar-refractivity contribution >= 4 is 57.3 Å². The fourth-order valence-electron chi connectivity index (χ4n) is 2.55. The van der Waals surface area contributed by atoms with Crippen molar-refractivity contribution in [3.8, 4) is 5.75 Å². The van der Waals surface area contributed by atoms with Crippen molar-refractivity contribution < 1.29 is 19.2 Å². The zero-order chi connectivity index (χ0) is 19.6. The van der Waals surface area contributed by atoms with Crippen LogP contribution in [0.5, 0.6) is 5.75 Å². The van der Waals surface area contributed by atoms with Crippen LogP contribution in [-0.4, -0.2) is 28.1 Å². The largest absolute Gasteiger partial charge is 0.496 e. The highest BCUT2D eigenvalue weighted by Gasteiger charge is 2.36. The lowest BCUT2D eigenvalue weighted by atomic mass is 10.1. The van der Waals surface area contributed by atoms with E-state index in [0.29, 0.717) is 5.56 Å². The highest BCUT2D eigenvalue weighted by Crippen LogP contribution is 2.35. The summed E-state index contributed by atoms with van der Waals surface area (Å²) in [4.78, 5) is 36.8. The van der Waals surface area contributed by atoms with Crippen LogP contribution in [0.2, 0.25) is 0 Å². The molecule has 1 aliphatic heterocycles. The van der Waals surface area contributed by atoms with Gasteiger partial charge in [0.1, 0.15) is 5.75 Å². The van der Waals surface area contributed by atoms with Crippen LogP contribution < -0.4 is 4.74 Å². The first-order valence-electron chi connectivity index (χ1n) is 7.72. The van der Waals surface area contributed by atoms with Crippen LogP contribution in [-0.2, 0) is 11.3 Å². The predicted molar refractivity (Wildman–Crippen MR) is 110 cm³/mol. The monoisotopic (exact) mass is 496 g/mol. The average Bonchev–Trinajstić information content (AvgIpc) is 2.89. The van der Waals surface area contributed by atoms with Gasteiger partial charge in [-0.25, -0.2) is 0 Å². The standard InChI is InChI=1S/C18H13IN2O5S/c1-26-15-7-6-11(8-13(15)19)9-16-17(22)20(18(23)27-16)10-12-4-2-3-5-14(12)21(24)25/h2-9H,10H2,1H3/b16-9-. The molecule has 0 saturated carbocycles. The van der Waals surface area contributed by atoms with Gasteiger partial charge in [0.15, 0.2) is 0 Å². The van der Waals surface area contributed by atoms with Gasteiger partial charge in [-0.1, -0.05) is 24.3 Å². The molecule has 1 aliphatic rings. The molecular formula is C18H13IN2O5S. The molecule has 2 amide bonds. The van der Waals surface area contributed by atoms with Crippen LogP contribution in [0, 0.1) is 13.7 Å². The lowest BCUT2D eigenvalue weighted by molar-refractivity contribution is -0.385. The van der Waals surface area contributed by atoms with Crippen molar-refractivity contribution in [1.82, 2.24) is 4.90 Å². The molecule has 2 aromatic rings. The molecule has 138 valence electrons. The average molecular weight is 496 g/mol. The Balaban J connectivity index is 1.85. The Kier molecular flexibility index (Phi) is 5.80. The second kappa shape index (κ2) is 8.09. The van der Waals surface area contributed by atoms with Gasteiger partial charge in [-0.2, -0.15) is 0 Å². The maximum absolute atomic E-state index is 12.6. The minimum absolute atomic E-state index is 0.120. The van der Waals surface area contributed by atoms with E-state index in [2.05, 4.69) is 22.6 Å². The molecule has 7 nitrogen and oxygen atoms in total. The van der Waals surface area contributed by atoms with Crippen molar-refractivity contribution in [2.75, 3.05) is 7.11 Å². The number of thioether (sulfide) groups is 1. The van der Waals surface area contributed by atoms with Crippen molar-refractivity contribution in [2.24, 2.45) is 0 Å². The van der Waals surface area contributed by atoms with Crippen LogP contribution in [0.25, 0.3) is 6.08 Å². The summed E-state index contributed by atoms with van der Waals surface area (Å²) in [6.07, 6.45) is 1.63. The normalized spacial score (nSPS) is 15.5. The third-order valence-electron chi connectivity index (χ3n) is 3.86. The topological polar surface area (TPSA) is 89.8 Å². The Bertz CT molecular complexity index is 976. The van der Waals surface area contributed by atoms with Crippen molar-refractivity contribution in [3.63, 3.8) is 0 Å². The molecule has 0 aliphatic carbocycles. The molecule has 0 spiro atoms. The molecular weight excluding hydrogens is 483 g/mol. The van der Waals surface area contributed by atoms with E-state index in [4.69, 9.17) is 4.74 Å². The molecule has 1 fully saturated rings. The Morgan fingerprint density at radius 1 is 1.26 bits per heavy atom. The molecule has 3 rings (SSSR count). The molecule has 27 heavy (non-hydrogen) atoms. The summed E-state index contributed by atoms with van der Waals surface area (Å²) in [5.41, 5.74) is 0.951. The third kappa shape index (κ3) is 4.14. The van der Waals surface area contributed by atoms with Gasteiger partial charge in [0.2, 0.25) is 0 Å². The van der Waals surface area contributed by atoms with Gasteiger partial charge in [-0.3, -0.25) is 24.6 Å². The number of para-hydroxylation sites is 1. The van der Waals surface area contributed by atoms with Crippen LogP contribution in [0.4, 0.5) is 10.5 Å². The molecule has 0 aromatic heterocycles. The van der Waals surface area contributed by atoms with E-state index in [1.54, 1.807) is 37.5 Å². The molecule has 1 saturated heterocycles. The molecule has 1 heterocycles. The number of nitro groups is 1. The minimum atomic E-state index is -0.524.